The number of carbonyl (C=O) groups is 1. The summed E-state index contributed by atoms with van der Waals surface area (Å²) in [4.78, 5) is 13.2. The molecule has 4 nitrogen and oxygen atoms in total. The van der Waals surface area contributed by atoms with Gasteiger partial charge in [-0.3, -0.25) is 4.79 Å². The second-order valence-electron chi connectivity index (χ2n) is 12.4. The highest BCUT2D eigenvalue weighted by atomic mass is 32.1. The summed E-state index contributed by atoms with van der Waals surface area (Å²) < 4.78 is 19.3. The molecular formula is C30H44O4SSi2. The first kappa shape index (κ1) is 31.7. The van der Waals surface area contributed by atoms with Crippen molar-refractivity contribution in [2.75, 3.05) is 0 Å². The number of rotatable bonds is 12. The number of hydrogen-bond donors (Lipinski definition) is 0. The molecule has 0 unspecified atom stereocenters. The van der Waals surface area contributed by atoms with Gasteiger partial charge in [0, 0.05) is 9.75 Å². The molecule has 1 aromatic carbocycles. The van der Waals surface area contributed by atoms with E-state index in [4.69, 9.17) is 13.6 Å². The molecule has 2 rings (SSSR count). The number of aldehydes is 1. The summed E-state index contributed by atoms with van der Waals surface area (Å²) in [7, 11) is 0.730. The zero-order valence-corrected chi connectivity index (χ0v) is 27.3. The van der Waals surface area contributed by atoms with Gasteiger partial charge in [-0.15, -0.1) is 11.3 Å². The van der Waals surface area contributed by atoms with Gasteiger partial charge in [-0.2, -0.15) is 0 Å². The van der Waals surface area contributed by atoms with E-state index in [-0.39, 0.29) is 10.1 Å². The average Bonchev–Trinajstić information content (AvgIpc) is 3.26. The van der Waals surface area contributed by atoms with Crippen LogP contribution in [0.15, 0.2) is 36.4 Å². The quantitative estimate of drug-likeness (QED) is 0.149. The molecule has 7 heteroatoms. The fourth-order valence-corrected chi connectivity index (χ4v) is 5.91. The van der Waals surface area contributed by atoms with Crippen molar-refractivity contribution >= 4 is 42.7 Å². The van der Waals surface area contributed by atoms with Crippen LogP contribution in [0.4, 0.5) is 0 Å². The molecule has 4 radical (unpaired) electrons. The Balaban J connectivity index is 2.36. The minimum Gasteiger partial charge on any atom is -0.488 e. The second kappa shape index (κ2) is 12.6. The van der Waals surface area contributed by atoms with E-state index in [0.717, 1.165) is 44.9 Å². The van der Waals surface area contributed by atoms with Gasteiger partial charge in [0.2, 0.25) is 19.5 Å². The lowest BCUT2D eigenvalue weighted by atomic mass is 9.85. The molecule has 0 fully saturated rings. The zero-order valence-electron chi connectivity index (χ0n) is 24.5. The van der Waals surface area contributed by atoms with Crippen LogP contribution in [0, 0.1) is 0 Å². The van der Waals surface area contributed by atoms with Crippen LogP contribution in [-0.4, -0.2) is 25.8 Å². The van der Waals surface area contributed by atoms with Gasteiger partial charge in [0.05, 0.1) is 11.2 Å². The summed E-state index contributed by atoms with van der Waals surface area (Å²) in [6.07, 6.45) is 3.32. The summed E-state index contributed by atoms with van der Waals surface area (Å²) >= 11 is 1.67. The van der Waals surface area contributed by atoms with Crippen LogP contribution < -0.4 is 4.74 Å². The standard InChI is InChI=1S/C30H44O4SSi2/c1-12-21(17-18-31)26-16-14-23(35-26)20-32-22-13-15-24(29(8,9)33-36-27(2,3)4)25(19-22)30(10,11)34-37-28(5,6)7/h13-19H,12,20H2,1-11H3. The molecule has 0 aliphatic carbocycles. The summed E-state index contributed by atoms with van der Waals surface area (Å²) in [5, 5.41) is 0.177. The van der Waals surface area contributed by atoms with Crippen LogP contribution in [0.5, 0.6) is 5.75 Å². The number of benzene rings is 1. The number of allylic oxidation sites excluding steroid dienone is 2. The van der Waals surface area contributed by atoms with Crippen LogP contribution in [0.1, 0.15) is 103 Å². The molecule has 1 aromatic heterocycles. The minimum atomic E-state index is -0.516. The number of hydrogen-bond acceptors (Lipinski definition) is 5. The van der Waals surface area contributed by atoms with Crippen LogP contribution in [0.25, 0.3) is 5.57 Å². The third-order valence-electron chi connectivity index (χ3n) is 5.52. The van der Waals surface area contributed by atoms with Crippen molar-refractivity contribution in [2.45, 2.75) is 110 Å². The van der Waals surface area contributed by atoms with Crippen LogP contribution in [0.3, 0.4) is 0 Å². The van der Waals surface area contributed by atoms with Crippen molar-refractivity contribution in [1.82, 2.24) is 0 Å². The molecular weight excluding hydrogens is 513 g/mol. The van der Waals surface area contributed by atoms with Crippen molar-refractivity contribution in [2.24, 2.45) is 0 Å². The van der Waals surface area contributed by atoms with E-state index in [1.807, 2.05) is 6.07 Å². The normalized spacial score (nSPS) is 13.6. The minimum absolute atomic E-state index is 0.0810. The third kappa shape index (κ3) is 9.95. The van der Waals surface area contributed by atoms with Gasteiger partial charge < -0.3 is 13.6 Å². The monoisotopic (exact) mass is 556 g/mol. The molecule has 2 aromatic rings. The molecule has 1 heterocycles. The van der Waals surface area contributed by atoms with Gasteiger partial charge in [0.25, 0.3) is 0 Å². The molecule has 202 valence electrons. The summed E-state index contributed by atoms with van der Waals surface area (Å²) in [5.41, 5.74) is 2.26. The lowest BCUT2D eigenvalue weighted by Crippen LogP contribution is -2.34. The zero-order chi connectivity index (χ0) is 28.1. The van der Waals surface area contributed by atoms with Crippen LogP contribution in [-0.2, 0) is 31.5 Å². The Morgan fingerprint density at radius 1 is 0.838 bits per heavy atom. The predicted octanol–water partition coefficient (Wildman–Crippen LogP) is 8.50. The second-order valence-corrected chi connectivity index (χ2v) is 17.4. The molecule has 0 atom stereocenters. The molecule has 0 aliphatic rings. The molecule has 0 saturated carbocycles. The van der Waals surface area contributed by atoms with Crippen LogP contribution >= 0.6 is 11.3 Å². The van der Waals surface area contributed by atoms with Crippen LogP contribution in [0.2, 0.25) is 10.1 Å². The van der Waals surface area contributed by atoms with E-state index >= 15 is 0 Å². The molecule has 37 heavy (non-hydrogen) atoms. The van der Waals surface area contributed by atoms with Gasteiger partial charge >= 0.3 is 0 Å². The molecule has 0 bridgehead atoms. The predicted molar refractivity (Wildman–Crippen MR) is 159 cm³/mol. The highest BCUT2D eigenvalue weighted by molar-refractivity contribution is 7.13. The van der Waals surface area contributed by atoms with Crippen molar-refractivity contribution in [3.8, 4) is 5.75 Å². The van der Waals surface area contributed by atoms with Crippen molar-refractivity contribution < 1.29 is 18.4 Å². The Hall–Kier alpha value is -1.52. The lowest BCUT2D eigenvalue weighted by molar-refractivity contribution is -0.104. The molecule has 0 saturated heterocycles. The van der Waals surface area contributed by atoms with E-state index in [9.17, 15) is 4.79 Å². The number of thiophene rings is 1. The van der Waals surface area contributed by atoms with Gasteiger partial charge in [0.15, 0.2) is 0 Å². The largest absolute Gasteiger partial charge is 0.488 e. The Morgan fingerprint density at radius 3 is 1.92 bits per heavy atom. The summed E-state index contributed by atoms with van der Waals surface area (Å²) in [6, 6.07) is 10.4. The molecule has 0 N–H and O–H groups in total. The average molecular weight is 557 g/mol. The van der Waals surface area contributed by atoms with Crippen molar-refractivity contribution in [3.63, 3.8) is 0 Å². The van der Waals surface area contributed by atoms with Crippen molar-refractivity contribution in [3.05, 3.63) is 57.3 Å². The molecule has 0 spiro atoms. The van der Waals surface area contributed by atoms with E-state index in [1.54, 1.807) is 17.4 Å². The topological polar surface area (TPSA) is 44.8 Å². The summed E-state index contributed by atoms with van der Waals surface area (Å²) in [5.74, 6) is 0.803. The first-order valence-electron chi connectivity index (χ1n) is 12.9. The Labute approximate surface area is 234 Å². The van der Waals surface area contributed by atoms with Gasteiger partial charge in [-0.05, 0) is 91.2 Å². The van der Waals surface area contributed by atoms with E-state index in [2.05, 4.69) is 100 Å². The maximum absolute atomic E-state index is 11.0. The highest BCUT2D eigenvalue weighted by Gasteiger charge is 2.34. The van der Waals surface area contributed by atoms with Crippen molar-refractivity contribution in [1.29, 1.82) is 0 Å². The Morgan fingerprint density at radius 2 is 1.41 bits per heavy atom. The SMILES string of the molecule is CCC(=CC=O)c1ccc(COc2ccc(C(C)(C)O[Si]C(C)(C)C)c(C(C)(C)O[Si]C(C)(C)C)c2)s1. The van der Waals surface area contributed by atoms with E-state index < -0.39 is 11.2 Å². The van der Waals surface area contributed by atoms with E-state index in [1.165, 1.54) is 0 Å². The Kier molecular flexibility index (Phi) is 10.8. The number of carbonyl (C=O) groups excluding carboxylic acids is 1. The van der Waals surface area contributed by atoms with E-state index in [0.29, 0.717) is 26.1 Å². The molecule has 0 amide bonds. The smallest absolute Gasteiger partial charge is 0.236 e. The maximum Gasteiger partial charge on any atom is 0.236 e. The fourth-order valence-electron chi connectivity index (χ4n) is 3.55. The first-order valence-corrected chi connectivity index (χ1v) is 15.5. The number of ether oxygens (including phenoxy) is 1. The third-order valence-corrected chi connectivity index (χ3v) is 9.11. The van der Waals surface area contributed by atoms with Gasteiger partial charge in [-0.1, -0.05) is 54.5 Å². The maximum atomic E-state index is 11.0. The van der Waals surface area contributed by atoms with Gasteiger partial charge in [-0.25, -0.2) is 0 Å². The first-order chi connectivity index (χ1) is 17.0. The van der Waals surface area contributed by atoms with Gasteiger partial charge in [0.1, 0.15) is 18.6 Å². The summed E-state index contributed by atoms with van der Waals surface area (Å²) in [6.45, 7) is 24.3. The highest BCUT2D eigenvalue weighted by Crippen LogP contribution is 2.40. The lowest BCUT2D eigenvalue weighted by Gasteiger charge is -2.37. The fraction of sp³-hybridized carbons (Fsp3) is 0.567. The Bertz CT molecular complexity index is 1070. The molecule has 0 aliphatic heterocycles.